The summed E-state index contributed by atoms with van der Waals surface area (Å²) in [6, 6.07) is 8.22. The predicted octanol–water partition coefficient (Wildman–Crippen LogP) is 2.13. The van der Waals surface area contributed by atoms with Crippen molar-refractivity contribution in [3.63, 3.8) is 0 Å². The molecule has 0 aliphatic carbocycles. The fourth-order valence-electron chi connectivity index (χ4n) is 1.85. The summed E-state index contributed by atoms with van der Waals surface area (Å²) in [5, 5.41) is 0. The molecule has 0 radical (unpaired) electrons. The minimum absolute atomic E-state index is 1.01. The van der Waals surface area contributed by atoms with Crippen LogP contribution < -0.4 is 0 Å². The second-order valence-electron chi connectivity index (χ2n) is 3.59. The van der Waals surface area contributed by atoms with Gasteiger partial charge in [0.15, 0.2) is 5.65 Å². The van der Waals surface area contributed by atoms with Gasteiger partial charge in [-0.1, -0.05) is 6.07 Å². The number of hydrogen-bond donors (Lipinski definition) is 0. The second kappa shape index (κ2) is 2.38. The Morgan fingerprint density at radius 1 is 1.29 bits per heavy atom. The maximum atomic E-state index is 4.56. The molecule has 0 bridgehead atoms. The molecule has 3 aromatic rings. The first-order chi connectivity index (χ1) is 6.77. The van der Waals surface area contributed by atoms with Crippen LogP contribution in [0.25, 0.3) is 16.8 Å². The van der Waals surface area contributed by atoms with E-state index in [-0.39, 0.29) is 0 Å². The summed E-state index contributed by atoms with van der Waals surface area (Å²) in [7, 11) is 2.05. The number of pyridine rings is 1. The monoisotopic (exact) mass is 185 g/mol. The van der Waals surface area contributed by atoms with Crippen LogP contribution in [0, 0.1) is 6.92 Å². The first-order valence-corrected chi connectivity index (χ1v) is 4.66. The van der Waals surface area contributed by atoms with Gasteiger partial charge in [-0.25, -0.2) is 4.98 Å². The molecule has 14 heavy (non-hydrogen) atoms. The maximum absolute atomic E-state index is 4.56. The molecule has 3 rings (SSSR count). The first kappa shape index (κ1) is 7.62. The Morgan fingerprint density at radius 3 is 3.00 bits per heavy atom. The number of aromatic nitrogens is 3. The van der Waals surface area contributed by atoms with Crippen molar-refractivity contribution >= 4 is 16.8 Å². The van der Waals surface area contributed by atoms with Crippen molar-refractivity contribution in [1.29, 1.82) is 0 Å². The van der Waals surface area contributed by atoms with Crippen molar-refractivity contribution in [3.8, 4) is 0 Å². The van der Waals surface area contributed by atoms with Crippen LogP contribution in [0.2, 0.25) is 0 Å². The first-order valence-electron chi connectivity index (χ1n) is 4.66. The average Bonchev–Trinajstić information content (AvgIpc) is 2.67. The highest BCUT2D eigenvalue weighted by Gasteiger charge is 2.08. The van der Waals surface area contributed by atoms with E-state index < -0.39 is 0 Å². The molecule has 3 aromatic heterocycles. The van der Waals surface area contributed by atoms with Crippen LogP contribution in [0.15, 0.2) is 30.5 Å². The Balaban J connectivity index is 2.60. The molecule has 0 aromatic carbocycles. The summed E-state index contributed by atoms with van der Waals surface area (Å²) in [5.74, 6) is 0. The number of fused-ring (bicyclic) bond motifs is 3. The highest BCUT2D eigenvalue weighted by molar-refractivity contribution is 5.79. The van der Waals surface area contributed by atoms with Gasteiger partial charge in [0.25, 0.3) is 0 Å². The van der Waals surface area contributed by atoms with E-state index in [1.807, 2.05) is 31.4 Å². The van der Waals surface area contributed by atoms with Gasteiger partial charge in [0.2, 0.25) is 0 Å². The SMILES string of the molecule is Cc1cc2c(nc3ccccn32)n1C. The van der Waals surface area contributed by atoms with E-state index >= 15 is 0 Å². The summed E-state index contributed by atoms with van der Waals surface area (Å²) < 4.78 is 4.23. The Hall–Kier alpha value is -1.77. The van der Waals surface area contributed by atoms with Crippen molar-refractivity contribution in [2.45, 2.75) is 6.92 Å². The van der Waals surface area contributed by atoms with Gasteiger partial charge >= 0.3 is 0 Å². The average molecular weight is 185 g/mol. The third kappa shape index (κ3) is 0.789. The summed E-state index contributed by atoms with van der Waals surface area (Å²) in [5.41, 5.74) is 4.48. The zero-order valence-electron chi connectivity index (χ0n) is 8.23. The van der Waals surface area contributed by atoms with Crippen LogP contribution in [0.3, 0.4) is 0 Å². The maximum Gasteiger partial charge on any atom is 0.159 e. The molecular formula is C11H11N3. The van der Waals surface area contributed by atoms with Gasteiger partial charge in [-0.3, -0.25) is 4.40 Å². The highest BCUT2D eigenvalue weighted by atomic mass is 15.1. The van der Waals surface area contributed by atoms with Crippen molar-refractivity contribution < 1.29 is 0 Å². The molecule has 0 atom stereocenters. The summed E-state index contributed by atoms with van der Waals surface area (Å²) in [6.07, 6.45) is 2.05. The third-order valence-electron chi connectivity index (χ3n) is 2.74. The Morgan fingerprint density at radius 2 is 2.14 bits per heavy atom. The topological polar surface area (TPSA) is 22.2 Å². The largest absolute Gasteiger partial charge is 0.332 e. The van der Waals surface area contributed by atoms with Crippen LogP contribution in [0.5, 0.6) is 0 Å². The van der Waals surface area contributed by atoms with Gasteiger partial charge in [-0.15, -0.1) is 0 Å². The van der Waals surface area contributed by atoms with Crippen molar-refractivity contribution in [2.75, 3.05) is 0 Å². The van der Waals surface area contributed by atoms with Crippen LogP contribution >= 0.6 is 0 Å². The number of aryl methyl sites for hydroxylation is 2. The molecule has 3 heterocycles. The Labute approximate surface area is 81.6 Å². The van der Waals surface area contributed by atoms with Crippen molar-refractivity contribution in [1.82, 2.24) is 14.0 Å². The smallest absolute Gasteiger partial charge is 0.159 e. The fraction of sp³-hybridized carbons (Fsp3) is 0.182. The zero-order chi connectivity index (χ0) is 9.71. The van der Waals surface area contributed by atoms with E-state index in [2.05, 4.69) is 26.9 Å². The van der Waals surface area contributed by atoms with Crippen LogP contribution in [-0.4, -0.2) is 14.0 Å². The summed E-state index contributed by atoms with van der Waals surface area (Å²) in [4.78, 5) is 4.56. The molecule has 0 N–H and O–H groups in total. The second-order valence-corrected chi connectivity index (χ2v) is 3.59. The number of imidazole rings is 1. The number of rotatable bonds is 0. The molecule has 0 saturated heterocycles. The Bertz CT molecular complexity index is 616. The molecule has 3 heteroatoms. The van der Waals surface area contributed by atoms with Gasteiger partial charge in [0.05, 0.1) is 5.52 Å². The zero-order valence-corrected chi connectivity index (χ0v) is 8.23. The molecule has 3 nitrogen and oxygen atoms in total. The van der Waals surface area contributed by atoms with E-state index in [1.54, 1.807) is 0 Å². The van der Waals surface area contributed by atoms with Gasteiger partial charge in [-0.2, -0.15) is 0 Å². The molecule has 0 aliphatic heterocycles. The van der Waals surface area contributed by atoms with E-state index in [1.165, 1.54) is 11.2 Å². The van der Waals surface area contributed by atoms with Gasteiger partial charge < -0.3 is 4.57 Å². The number of hydrogen-bond acceptors (Lipinski definition) is 1. The lowest BCUT2D eigenvalue weighted by Gasteiger charge is -1.93. The molecule has 70 valence electrons. The third-order valence-corrected chi connectivity index (χ3v) is 2.74. The standard InChI is InChI=1S/C11H11N3/c1-8-7-9-11(13(8)2)12-10-5-3-4-6-14(9)10/h3-7H,1-2H3. The molecule has 0 aliphatic rings. The van der Waals surface area contributed by atoms with Gasteiger partial charge in [-0.05, 0) is 25.1 Å². The lowest BCUT2D eigenvalue weighted by Crippen LogP contribution is -1.89. The molecule has 0 spiro atoms. The quantitative estimate of drug-likeness (QED) is 0.526. The van der Waals surface area contributed by atoms with E-state index in [4.69, 9.17) is 0 Å². The van der Waals surface area contributed by atoms with Crippen LogP contribution in [0.1, 0.15) is 5.69 Å². The Kier molecular flexibility index (Phi) is 1.29. The van der Waals surface area contributed by atoms with Crippen LogP contribution in [-0.2, 0) is 7.05 Å². The van der Waals surface area contributed by atoms with E-state index in [0.717, 1.165) is 11.3 Å². The molecule has 0 saturated carbocycles. The lowest BCUT2D eigenvalue weighted by molar-refractivity contribution is 0.905. The van der Waals surface area contributed by atoms with E-state index in [9.17, 15) is 0 Å². The summed E-state index contributed by atoms with van der Waals surface area (Å²) >= 11 is 0. The molecule has 0 fully saturated rings. The van der Waals surface area contributed by atoms with Gasteiger partial charge in [0, 0.05) is 18.9 Å². The number of nitrogens with zero attached hydrogens (tertiary/aromatic N) is 3. The van der Waals surface area contributed by atoms with Gasteiger partial charge in [0.1, 0.15) is 5.65 Å². The van der Waals surface area contributed by atoms with Crippen LogP contribution in [0.4, 0.5) is 0 Å². The van der Waals surface area contributed by atoms with E-state index in [0.29, 0.717) is 0 Å². The summed E-state index contributed by atoms with van der Waals surface area (Å²) in [6.45, 7) is 2.09. The van der Waals surface area contributed by atoms with Crippen molar-refractivity contribution in [3.05, 3.63) is 36.2 Å². The minimum Gasteiger partial charge on any atom is -0.332 e. The molecular weight excluding hydrogens is 174 g/mol. The molecule has 0 amide bonds. The normalized spacial score (nSPS) is 11.6. The molecule has 0 unspecified atom stereocenters. The predicted molar refractivity (Wildman–Crippen MR) is 56.4 cm³/mol. The highest BCUT2D eigenvalue weighted by Crippen LogP contribution is 2.19. The van der Waals surface area contributed by atoms with Crippen molar-refractivity contribution in [2.24, 2.45) is 7.05 Å². The fourth-order valence-corrected chi connectivity index (χ4v) is 1.85. The lowest BCUT2D eigenvalue weighted by atomic mass is 10.4. The minimum atomic E-state index is 1.01.